The van der Waals surface area contributed by atoms with Crippen LogP contribution in [0.15, 0.2) is 33.9 Å². The summed E-state index contributed by atoms with van der Waals surface area (Å²) in [6.07, 6.45) is -3.10. The Hall–Kier alpha value is -2.42. The van der Waals surface area contributed by atoms with Gasteiger partial charge in [0, 0.05) is 0 Å². The van der Waals surface area contributed by atoms with Crippen molar-refractivity contribution in [1.82, 2.24) is 4.98 Å². The van der Waals surface area contributed by atoms with E-state index in [0.29, 0.717) is 11.1 Å². The Morgan fingerprint density at radius 2 is 1.95 bits per heavy atom. The van der Waals surface area contributed by atoms with Gasteiger partial charge in [-0.1, -0.05) is 12.1 Å². The summed E-state index contributed by atoms with van der Waals surface area (Å²) in [5.74, 6) is 0. The van der Waals surface area contributed by atoms with Crippen molar-refractivity contribution in [3.63, 3.8) is 0 Å². The normalized spacial score (nSPS) is 12.8. The van der Waals surface area contributed by atoms with E-state index in [9.17, 15) is 9.59 Å². The number of hydrogen-bond acceptors (Lipinski definition) is 7. The maximum absolute atomic E-state index is 10.8. The summed E-state index contributed by atoms with van der Waals surface area (Å²) in [6.45, 7) is 2.79. The molecule has 2 N–H and O–H groups in total. The zero-order chi connectivity index (χ0) is 16.3. The Balaban J connectivity index is 2.25. The van der Waals surface area contributed by atoms with Crippen LogP contribution in [0, 0.1) is 0 Å². The van der Waals surface area contributed by atoms with Gasteiger partial charge >= 0.3 is 12.3 Å². The van der Waals surface area contributed by atoms with Crippen LogP contribution >= 0.6 is 11.8 Å². The van der Waals surface area contributed by atoms with E-state index in [2.05, 4.69) is 9.72 Å². The highest BCUT2D eigenvalue weighted by atomic mass is 32.2. The van der Waals surface area contributed by atoms with Crippen LogP contribution in [0.5, 0.6) is 0 Å². The molecule has 1 atom stereocenters. The van der Waals surface area contributed by atoms with Gasteiger partial charge in [0.2, 0.25) is 0 Å². The molecule has 0 fully saturated rings. The Kier molecular flexibility index (Phi) is 4.45. The number of carboxylic acid groups (broad SMARTS) is 2. The number of carbonyl (C=O) groups is 2. The van der Waals surface area contributed by atoms with Crippen LogP contribution in [-0.4, -0.2) is 38.5 Å². The first-order chi connectivity index (χ1) is 10.3. The first-order valence-corrected chi connectivity index (χ1v) is 6.99. The van der Waals surface area contributed by atoms with Crippen molar-refractivity contribution in [2.45, 2.75) is 30.1 Å². The predicted octanol–water partition coefficient (Wildman–Crippen LogP) is 3.41. The van der Waals surface area contributed by atoms with Crippen LogP contribution in [0.4, 0.5) is 9.59 Å². The minimum Gasteiger partial charge on any atom is -0.450 e. The smallest absolute Gasteiger partial charge is 0.450 e. The molecule has 1 unspecified atom stereocenters. The summed E-state index contributed by atoms with van der Waals surface area (Å²) < 4.78 is 14.8. The summed E-state index contributed by atoms with van der Waals surface area (Å²) in [4.78, 5) is 25.7. The van der Waals surface area contributed by atoms with E-state index >= 15 is 0 Å². The Morgan fingerprint density at radius 3 is 2.55 bits per heavy atom. The van der Waals surface area contributed by atoms with Crippen molar-refractivity contribution >= 4 is 35.2 Å². The fraction of sp³-hybridized carbons (Fsp3) is 0.308. The highest BCUT2D eigenvalue weighted by Crippen LogP contribution is 2.34. The van der Waals surface area contributed by atoms with E-state index in [1.807, 2.05) is 0 Å². The second kappa shape index (κ2) is 6.14. The number of aromatic nitrogens is 1. The van der Waals surface area contributed by atoms with E-state index in [0.717, 1.165) is 11.8 Å². The molecule has 0 radical (unpaired) electrons. The lowest BCUT2D eigenvalue weighted by Gasteiger charge is -2.29. The summed E-state index contributed by atoms with van der Waals surface area (Å²) in [5.41, 5.74) is -1.50. The highest BCUT2D eigenvalue weighted by Gasteiger charge is 2.39. The van der Waals surface area contributed by atoms with Gasteiger partial charge in [-0.05, 0) is 37.7 Å². The fourth-order valence-electron chi connectivity index (χ4n) is 1.67. The SMILES string of the molecule is CC(C)(OC(=O)O)C(OC(=O)O)Sc1nc2ccccc2o1. The molecular weight excluding hydrogens is 314 g/mol. The standard InChI is InChI=1S/C13H13NO7S/c1-13(2,21-12(17)18)9(20-11(15)16)22-10-14-7-5-3-4-6-8(7)19-10/h3-6,9H,1-2H3,(H,15,16)(H,17,18). The van der Waals surface area contributed by atoms with Crippen molar-refractivity contribution in [2.24, 2.45) is 0 Å². The molecule has 9 heteroatoms. The van der Waals surface area contributed by atoms with Crippen molar-refractivity contribution in [2.75, 3.05) is 0 Å². The van der Waals surface area contributed by atoms with E-state index in [-0.39, 0.29) is 5.22 Å². The number of rotatable bonds is 5. The van der Waals surface area contributed by atoms with Gasteiger partial charge in [0.25, 0.3) is 5.22 Å². The quantitative estimate of drug-likeness (QED) is 0.483. The van der Waals surface area contributed by atoms with Gasteiger partial charge in [-0.2, -0.15) is 0 Å². The van der Waals surface area contributed by atoms with Gasteiger partial charge in [-0.3, -0.25) is 0 Å². The average molecular weight is 327 g/mol. The van der Waals surface area contributed by atoms with Crippen molar-refractivity contribution in [1.29, 1.82) is 0 Å². The fourth-order valence-corrected chi connectivity index (χ4v) is 2.60. The molecule has 2 aromatic rings. The van der Waals surface area contributed by atoms with Gasteiger partial charge in [-0.25, -0.2) is 14.6 Å². The number of nitrogens with zero attached hydrogens (tertiary/aromatic N) is 1. The van der Waals surface area contributed by atoms with Crippen molar-refractivity contribution in [3.05, 3.63) is 24.3 Å². The van der Waals surface area contributed by atoms with Crippen LogP contribution in [0.25, 0.3) is 11.1 Å². The maximum Gasteiger partial charge on any atom is 0.507 e. The third-order valence-corrected chi connectivity index (χ3v) is 3.86. The van der Waals surface area contributed by atoms with E-state index < -0.39 is 23.3 Å². The molecule has 118 valence electrons. The number of thioether (sulfide) groups is 1. The van der Waals surface area contributed by atoms with Gasteiger partial charge in [0.05, 0.1) is 0 Å². The molecule has 1 heterocycles. The lowest BCUT2D eigenvalue weighted by Crippen LogP contribution is -2.41. The second-order valence-electron chi connectivity index (χ2n) is 4.75. The number of para-hydroxylation sites is 2. The number of ether oxygens (including phenoxy) is 2. The van der Waals surface area contributed by atoms with Gasteiger partial charge in [-0.15, -0.1) is 0 Å². The summed E-state index contributed by atoms with van der Waals surface area (Å²) >= 11 is 0.823. The summed E-state index contributed by atoms with van der Waals surface area (Å²) in [5, 5.41) is 17.7. The topological polar surface area (TPSA) is 119 Å². The number of fused-ring (bicyclic) bond motifs is 1. The molecule has 0 saturated carbocycles. The van der Waals surface area contributed by atoms with Crippen molar-refractivity contribution in [3.8, 4) is 0 Å². The molecule has 0 spiro atoms. The minimum absolute atomic E-state index is 0.148. The zero-order valence-corrected chi connectivity index (χ0v) is 12.5. The summed E-state index contributed by atoms with van der Waals surface area (Å²) in [7, 11) is 0. The average Bonchev–Trinajstić information content (AvgIpc) is 2.78. The number of hydrogen-bond donors (Lipinski definition) is 2. The molecule has 1 aromatic carbocycles. The highest BCUT2D eigenvalue weighted by molar-refractivity contribution is 7.99. The largest absolute Gasteiger partial charge is 0.507 e. The molecule has 0 saturated heterocycles. The van der Waals surface area contributed by atoms with Crippen LogP contribution < -0.4 is 0 Å². The monoisotopic (exact) mass is 327 g/mol. The van der Waals surface area contributed by atoms with E-state index in [1.54, 1.807) is 24.3 Å². The molecular formula is C13H13NO7S. The minimum atomic E-state index is -1.56. The summed E-state index contributed by atoms with van der Waals surface area (Å²) in [6, 6.07) is 6.99. The maximum atomic E-state index is 10.8. The molecule has 0 aliphatic heterocycles. The molecule has 0 aliphatic carbocycles. The molecule has 22 heavy (non-hydrogen) atoms. The lowest BCUT2D eigenvalue weighted by molar-refractivity contribution is -0.0549. The third-order valence-electron chi connectivity index (χ3n) is 2.61. The lowest BCUT2D eigenvalue weighted by atomic mass is 10.1. The van der Waals surface area contributed by atoms with Crippen LogP contribution in [0.2, 0.25) is 0 Å². The van der Waals surface area contributed by atoms with Crippen LogP contribution in [-0.2, 0) is 9.47 Å². The van der Waals surface area contributed by atoms with Gasteiger partial charge in [0.1, 0.15) is 5.52 Å². The molecule has 8 nitrogen and oxygen atoms in total. The van der Waals surface area contributed by atoms with Gasteiger partial charge in [0.15, 0.2) is 16.6 Å². The molecule has 1 aromatic heterocycles. The zero-order valence-electron chi connectivity index (χ0n) is 11.7. The van der Waals surface area contributed by atoms with Crippen LogP contribution in [0.3, 0.4) is 0 Å². The van der Waals surface area contributed by atoms with Crippen LogP contribution in [0.1, 0.15) is 13.8 Å². The molecule has 0 bridgehead atoms. The molecule has 0 amide bonds. The Bertz CT molecular complexity index is 664. The Morgan fingerprint density at radius 1 is 1.27 bits per heavy atom. The number of benzene rings is 1. The number of oxazole rings is 1. The van der Waals surface area contributed by atoms with Gasteiger partial charge < -0.3 is 24.1 Å². The molecule has 0 aliphatic rings. The first-order valence-electron chi connectivity index (χ1n) is 6.11. The van der Waals surface area contributed by atoms with E-state index in [4.69, 9.17) is 19.4 Å². The predicted molar refractivity (Wildman–Crippen MR) is 76.0 cm³/mol. The van der Waals surface area contributed by atoms with Crippen molar-refractivity contribution < 1.29 is 33.7 Å². The third kappa shape index (κ3) is 3.82. The second-order valence-corrected chi connectivity index (χ2v) is 5.77. The Labute approximate surface area is 129 Å². The first kappa shape index (κ1) is 16.0. The van der Waals surface area contributed by atoms with E-state index in [1.165, 1.54) is 13.8 Å². The molecule has 2 rings (SSSR count).